The minimum absolute atomic E-state index is 0.0470. The number of nitrogens with two attached hydrogens (primary N) is 1. The van der Waals surface area contributed by atoms with Gasteiger partial charge >= 0.3 is 0 Å². The van der Waals surface area contributed by atoms with E-state index in [1.54, 1.807) is 59.8 Å². The molecule has 0 saturated carbocycles. The molecular formula is C43H29ClN6O5. The number of halogens is 1. The third-order valence-electron chi connectivity index (χ3n) is 9.68. The van der Waals surface area contributed by atoms with Gasteiger partial charge in [0.25, 0.3) is 11.6 Å². The summed E-state index contributed by atoms with van der Waals surface area (Å²) in [6.07, 6.45) is 10.2. The zero-order chi connectivity index (χ0) is 37.7. The Balaban J connectivity index is 0.000000157. The first kappa shape index (κ1) is 33.7. The van der Waals surface area contributed by atoms with Crippen molar-refractivity contribution >= 4 is 39.6 Å². The molecular weight excluding hydrogens is 716 g/mol. The largest absolute Gasteiger partial charge is 0.462 e. The predicted octanol–water partition coefficient (Wildman–Crippen LogP) is 7.96. The summed E-state index contributed by atoms with van der Waals surface area (Å²) in [6.45, 7) is 2.12. The van der Waals surface area contributed by atoms with Gasteiger partial charge in [0.1, 0.15) is 39.8 Å². The van der Waals surface area contributed by atoms with E-state index in [9.17, 15) is 9.59 Å². The molecule has 12 heteroatoms. The summed E-state index contributed by atoms with van der Waals surface area (Å²) in [6, 6.07) is 30.2. The Morgan fingerprint density at radius 2 is 1.51 bits per heavy atom. The minimum Gasteiger partial charge on any atom is -0.462 e. The van der Waals surface area contributed by atoms with E-state index in [0.29, 0.717) is 39.0 Å². The molecule has 11 nitrogen and oxygen atoms in total. The van der Waals surface area contributed by atoms with E-state index in [4.69, 9.17) is 31.2 Å². The minimum atomic E-state index is -1.10. The van der Waals surface area contributed by atoms with E-state index in [-0.39, 0.29) is 28.8 Å². The van der Waals surface area contributed by atoms with Crippen LogP contribution in [0.2, 0.25) is 5.15 Å². The SMILES string of the molecule is Cc1ccc(-n2ccc3c(c2=O)C2(COC(N)=N2)c2cc(-c4cccnc4)ccc2O3)cc1.O=c1c2cc(-c3cccnc3)ccc2oc2ccnc(Cl)c12. The maximum Gasteiger partial charge on any atom is 0.283 e. The quantitative estimate of drug-likeness (QED) is 0.141. The standard InChI is InChI=1S/C26H20N4O3.C17H9ClN2O2/c1-16-4-7-19(8-5-16)30-12-10-22-23(24(30)31)26(15-32-25(27)29-26)20-13-17(6-9-21(20)33-22)18-3-2-11-28-14-18;18-17-15-14(5-7-20-17)22-13-4-3-10(8-12(13)16(15)21)11-2-1-6-19-9-11/h2-14H,15H2,1H3,(H2,27,29);1-9H. The van der Waals surface area contributed by atoms with Crippen LogP contribution in [0.25, 0.3) is 49.9 Å². The van der Waals surface area contributed by atoms with Crippen LogP contribution in [0, 0.1) is 6.92 Å². The molecule has 0 radical (unpaired) electrons. The number of aliphatic imine (C=N–C) groups is 1. The Bertz CT molecular complexity index is 2930. The second kappa shape index (κ2) is 13.4. The highest BCUT2D eigenvalue weighted by Gasteiger charge is 2.49. The average molecular weight is 745 g/mol. The van der Waals surface area contributed by atoms with E-state index in [1.165, 1.54) is 6.20 Å². The highest BCUT2D eigenvalue weighted by Crippen LogP contribution is 2.50. The van der Waals surface area contributed by atoms with Crippen molar-refractivity contribution in [2.24, 2.45) is 10.7 Å². The smallest absolute Gasteiger partial charge is 0.283 e. The van der Waals surface area contributed by atoms with Crippen LogP contribution in [0.4, 0.5) is 0 Å². The van der Waals surface area contributed by atoms with Crippen molar-refractivity contribution in [3.05, 3.63) is 177 Å². The number of nitrogens with zero attached hydrogens (tertiary/aromatic N) is 5. The molecule has 1 unspecified atom stereocenters. The lowest BCUT2D eigenvalue weighted by molar-refractivity contribution is 0.262. The van der Waals surface area contributed by atoms with Gasteiger partial charge in [0.2, 0.25) is 5.43 Å². The zero-order valence-corrected chi connectivity index (χ0v) is 29.9. The van der Waals surface area contributed by atoms with Crippen molar-refractivity contribution in [3.8, 4) is 39.4 Å². The molecule has 268 valence electrons. The number of pyridine rings is 4. The number of aromatic nitrogens is 4. The number of fused-ring (bicyclic) bond motifs is 6. The van der Waals surface area contributed by atoms with Gasteiger partial charge in [0.15, 0.2) is 5.54 Å². The summed E-state index contributed by atoms with van der Waals surface area (Å²) < 4.78 is 19.2. The summed E-state index contributed by atoms with van der Waals surface area (Å²) in [4.78, 5) is 43.5. The lowest BCUT2D eigenvalue weighted by atomic mass is 9.81. The van der Waals surface area contributed by atoms with Crippen LogP contribution in [0.5, 0.6) is 11.5 Å². The summed E-state index contributed by atoms with van der Waals surface area (Å²) >= 11 is 6.04. The third-order valence-corrected chi connectivity index (χ3v) is 9.97. The molecule has 3 aromatic carbocycles. The zero-order valence-electron chi connectivity index (χ0n) is 29.1. The van der Waals surface area contributed by atoms with E-state index in [2.05, 4.69) is 19.9 Å². The van der Waals surface area contributed by atoms with Crippen LogP contribution in [0.3, 0.4) is 0 Å². The molecule has 0 saturated heterocycles. The second-order valence-corrected chi connectivity index (χ2v) is 13.4. The number of ether oxygens (including phenoxy) is 2. The van der Waals surface area contributed by atoms with Gasteiger partial charge in [-0.05, 0) is 72.6 Å². The Morgan fingerprint density at radius 1 is 0.782 bits per heavy atom. The molecule has 8 aromatic rings. The Labute approximate surface area is 318 Å². The average Bonchev–Trinajstić information content (AvgIpc) is 3.60. The first-order chi connectivity index (χ1) is 26.8. The van der Waals surface area contributed by atoms with Gasteiger partial charge in [-0.15, -0.1) is 0 Å². The molecule has 5 aromatic heterocycles. The summed E-state index contributed by atoms with van der Waals surface area (Å²) in [5.74, 6) is 1.07. The molecule has 2 aliphatic rings. The molecule has 1 spiro atoms. The van der Waals surface area contributed by atoms with Crippen LogP contribution < -0.4 is 21.5 Å². The van der Waals surface area contributed by atoms with Crippen molar-refractivity contribution < 1.29 is 13.9 Å². The van der Waals surface area contributed by atoms with Gasteiger partial charge < -0.3 is 19.6 Å². The van der Waals surface area contributed by atoms with Gasteiger partial charge in [0.05, 0.1) is 10.9 Å². The molecule has 2 aliphatic heterocycles. The molecule has 0 fully saturated rings. The fraction of sp³-hybridized carbons (Fsp3) is 0.0698. The third kappa shape index (κ3) is 5.87. The maximum atomic E-state index is 13.8. The molecule has 2 N–H and O–H groups in total. The number of hydrogen-bond donors (Lipinski definition) is 1. The maximum absolute atomic E-state index is 13.8. The molecule has 0 amide bonds. The van der Waals surface area contributed by atoms with E-state index >= 15 is 0 Å². The van der Waals surface area contributed by atoms with Crippen molar-refractivity contribution in [2.75, 3.05) is 6.61 Å². The number of benzene rings is 3. The Morgan fingerprint density at radius 3 is 2.20 bits per heavy atom. The monoisotopic (exact) mass is 744 g/mol. The summed E-state index contributed by atoms with van der Waals surface area (Å²) in [5.41, 5.74) is 12.2. The molecule has 0 aliphatic carbocycles. The molecule has 55 heavy (non-hydrogen) atoms. The van der Waals surface area contributed by atoms with Gasteiger partial charge in [-0.3, -0.25) is 24.1 Å². The van der Waals surface area contributed by atoms with Gasteiger partial charge in [-0.25, -0.2) is 9.98 Å². The molecule has 1 atom stereocenters. The normalized spacial score (nSPS) is 15.3. The fourth-order valence-electron chi connectivity index (χ4n) is 6.97. The van der Waals surface area contributed by atoms with Crippen molar-refractivity contribution in [1.29, 1.82) is 0 Å². The lowest BCUT2D eigenvalue weighted by Crippen LogP contribution is -2.39. The first-order valence-electron chi connectivity index (χ1n) is 17.2. The highest BCUT2D eigenvalue weighted by molar-refractivity contribution is 6.34. The topological polar surface area (TPSA) is 148 Å². The number of rotatable bonds is 3. The van der Waals surface area contributed by atoms with Gasteiger partial charge in [0, 0.05) is 65.6 Å². The van der Waals surface area contributed by atoms with E-state index in [0.717, 1.165) is 39.1 Å². The van der Waals surface area contributed by atoms with Crippen LogP contribution >= 0.6 is 11.6 Å². The van der Waals surface area contributed by atoms with Crippen molar-refractivity contribution in [1.82, 2.24) is 19.5 Å². The van der Waals surface area contributed by atoms with Crippen LogP contribution in [0.1, 0.15) is 16.7 Å². The first-order valence-corrected chi connectivity index (χ1v) is 17.6. The molecule has 7 heterocycles. The lowest BCUT2D eigenvalue weighted by Gasteiger charge is -2.33. The number of hydrogen-bond acceptors (Lipinski definition) is 10. The summed E-state index contributed by atoms with van der Waals surface area (Å²) in [5, 5.41) is 0.934. The Hall–Kier alpha value is -7.11. The molecule has 0 bridgehead atoms. The number of aryl methyl sites for hydroxylation is 1. The van der Waals surface area contributed by atoms with Crippen molar-refractivity contribution in [2.45, 2.75) is 12.5 Å². The summed E-state index contributed by atoms with van der Waals surface area (Å²) in [7, 11) is 0. The van der Waals surface area contributed by atoms with Crippen molar-refractivity contribution in [3.63, 3.8) is 0 Å². The van der Waals surface area contributed by atoms with Crippen LogP contribution in [0.15, 0.2) is 153 Å². The predicted molar refractivity (Wildman–Crippen MR) is 211 cm³/mol. The molecule has 10 rings (SSSR count). The number of amidine groups is 1. The fourth-order valence-corrected chi connectivity index (χ4v) is 7.21. The highest BCUT2D eigenvalue weighted by atomic mass is 35.5. The van der Waals surface area contributed by atoms with E-state index in [1.807, 2.05) is 79.7 Å². The van der Waals surface area contributed by atoms with Gasteiger partial charge in [-0.1, -0.05) is 53.6 Å². The van der Waals surface area contributed by atoms with E-state index < -0.39 is 5.54 Å². The van der Waals surface area contributed by atoms with Gasteiger partial charge in [-0.2, -0.15) is 0 Å². The second-order valence-electron chi connectivity index (χ2n) is 13.1. The van der Waals surface area contributed by atoms with Crippen LogP contribution in [-0.2, 0) is 10.3 Å². The Kier molecular flexibility index (Phi) is 8.20. The van der Waals surface area contributed by atoms with Crippen LogP contribution in [-0.4, -0.2) is 32.1 Å².